The Morgan fingerprint density at radius 1 is 1.57 bits per heavy atom. The first-order valence-electron chi connectivity index (χ1n) is 6.44. The maximum atomic E-state index is 11.0. The molecule has 1 aliphatic heterocycles. The molecule has 21 heavy (non-hydrogen) atoms. The van der Waals surface area contributed by atoms with Gasteiger partial charge in [0.05, 0.1) is 6.04 Å². The zero-order valence-electron chi connectivity index (χ0n) is 12.1. The smallest absolute Gasteiger partial charge is 0.241 e. The predicted molar refractivity (Wildman–Crippen MR) is 83.4 cm³/mol. The third-order valence-corrected chi connectivity index (χ3v) is 3.66. The van der Waals surface area contributed by atoms with Gasteiger partial charge in [0, 0.05) is 18.2 Å². The van der Waals surface area contributed by atoms with E-state index in [-0.39, 0.29) is 17.9 Å². The average Bonchev–Trinajstić information content (AvgIpc) is 2.86. The maximum Gasteiger partial charge on any atom is 0.241 e. The van der Waals surface area contributed by atoms with Crippen LogP contribution in [0.3, 0.4) is 0 Å². The van der Waals surface area contributed by atoms with Gasteiger partial charge in [0.15, 0.2) is 6.29 Å². The lowest BCUT2D eigenvalue weighted by Crippen LogP contribution is -2.45. The molecule has 0 bridgehead atoms. The number of likely N-dealkylation sites (N-methyl/N-ethyl adjacent to an activating group) is 1. The van der Waals surface area contributed by atoms with Crippen LogP contribution in [0.25, 0.3) is 0 Å². The lowest BCUT2D eigenvalue weighted by molar-refractivity contribution is -0.123. The topological polar surface area (TPSA) is 87.3 Å². The van der Waals surface area contributed by atoms with Gasteiger partial charge in [-0.05, 0) is 31.3 Å². The third-order valence-electron chi connectivity index (χ3n) is 2.81. The van der Waals surface area contributed by atoms with Gasteiger partial charge in [-0.25, -0.2) is 0 Å². The van der Waals surface area contributed by atoms with Crippen LogP contribution < -0.4 is 16.0 Å². The number of carbonyl (C=O) groups excluding carboxylic acids is 3. The SMILES string of the molecule is C=C1CCC(NC)C(=O)N1.CC(=O)Nc1sccc1C=O. The molecule has 2 rings (SSSR count). The van der Waals surface area contributed by atoms with Gasteiger partial charge in [0.2, 0.25) is 11.8 Å². The highest BCUT2D eigenvalue weighted by Crippen LogP contribution is 2.20. The molecule has 3 N–H and O–H groups in total. The Bertz CT molecular complexity index is 539. The second-order valence-electron chi connectivity index (χ2n) is 4.48. The fraction of sp³-hybridized carbons (Fsp3) is 0.357. The van der Waals surface area contributed by atoms with Crippen molar-refractivity contribution in [2.45, 2.75) is 25.8 Å². The number of nitrogens with one attached hydrogen (secondary N) is 3. The second kappa shape index (κ2) is 8.33. The highest BCUT2D eigenvalue weighted by atomic mass is 32.1. The van der Waals surface area contributed by atoms with Crippen LogP contribution in [0.2, 0.25) is 0 Å². The van der Waals surface area contributed by atoms with Crippen LogP contribution in [0.1, 0.15) is 30.1 Å². The minimum absolute atomic E-state index is 0.0227. The fourth-order valence-electron chi connectivity index (χ4n) is 1.72. The fourth-order valence-corrected chi connectivity index (χ4v) is 2.53. The molecule has 1 unspecified atom stereocenters. The minimum Gasteiger partial charge on any atom is -0.329 e. The molecule has 1 aromatic rings. The number of hydrogen-bond donors (Lipinski definition) is 3. The predicted octanol–water partition coefficient (Wildman–Crippen LogP) is 1.52. The van der Waals surface area contributed by atoms with Crippen LogP contribution in [-0.4, -0.2) is 31.2 Å². The van der Waals surface area contributed by atoms with Crippen molar-refractivity contribution < 1.29 is 14.4 Å². The minimum atomic E-state index is -0.157. The van der Waals surface area contributed by atoms with Gasteiger partial charge in [-0.1, -0.05) is 6.58 Å². The van der Waals surface area contributed by atoms with Crippen molar-refractivity contribution in [2.75, 3.05) is 12.4 Å². The molecular formula is C14H19N3O3S. The number of rotatable bonds is 3. The Morgan fingerprint density at radius 2 is 2.29 bits per heavy atom. The quantitative estimate of drug-likeness (QED) is 0.739. The number of thiophene rings is 1. The van der Waals surface area contributed by atoms with Gasteiger partial charge < -0.3 is 16.0 Å². The van der Waals surface area contributed by atoms with Crippen molar-refractivity contribution in [3.63, 3.8) is 0 Å². The lowest BCUT2D eigenvalue weighted by atomic mass is 10.1. The van der Waals surface area contributed by atoms with E-state index in [9.17, 15) is 14.4 Å². The summed E-state index contributed by atoms with van der Waals surface area (Å²) in [5, 5.41) is 10.5. The number of piperidine rings is 1. The molecule has 0 spiro atoms. The van der Waals surface area contributed by atoms with E-state index in [4.69, 9.17) is 0 Å². The monoisotopic (exact) mass is 309 g/mol. The first kappa shape index (κ1) is 17.1. The first-order chi connectivity index (χ1) is 9.97. The van der Waals surface area contributed by atoms with E-state index in [1.807, 2.05) is 0 Å². The van der Waals surface area contributed by atoms with E-state index in [0.717, 1.165) is 24.8 Å². The first-order valence-corrected chi connectivity index (χ1v) is 7.32. The molecular weight excluding hydrogens is 290 g/mol. The molecule has 0 aliphatic carbocycles. The summed E-state index contributed by atoms with van der Waals surface area (Å²) < 4.78 is 0. The Kier molecular flexibility index (Phi) is 6.77. The van der Waals surface area contributed by atoms with Crippen molar-refractivity contribution >= 4 is 34.4 Å². The highest BCUT2D eigenvalue weighted by molar-refractivity contribution is 7.14. The average molecular weight is 309 g/mol. The van der Waals surface area contributed by atoms with Gasteiger partial charge in [0.25, 0.3) is 0 Å². The van der Waals surface area contributed by atoms with Gasteiger partial charge in [-0.3, -0.25) is 14.4 Å². The van der Waals surface area contributed by atoms with E-state index in [0.29, 0.717) is 10.6 Å². The Hall–Kier alpha value is -1.99. The molecule has 6 nitrogen and oxygen atoms in total. The number of hydrogen-bond acceptors (Lipinski definition) is 5. The standard InChI is InChI=1S/C7H12N2O.C7H7NO2S/c1-5-3-4-6(8-2)7(10)9-5;1-5(10)8-7-6(4-9)2-3-11-7/h6,8H,1,3-4H2,2H3,(H,9,10);2-4H,1H3,(H,8,10). The Balaban J connectivity index is 0.000000211. The maximum absolute atomic E-state index is 11.0. The van der Waals surface area contributed by atoms with E-state index < -0.39 is 0 Å². The molecule has 0 saturated carbocycles. The van der Waals surface area contributed by atoms with E-state index >= 15 is 0 Å². The summed E-state index contributed by atoms with van der Waals surface area (Å²) in [7, 11) is 1.79. The van der Waals surface area contributed by atoms with Gasteiger partial charge >= 0.3 is 0 Å². The summed E-state index contributed by atoms with van der Waals surface area (Å²) in [6.45, 7) is 5.08. The van der Waals surface area contributed by atoms with Crippen LogP contribution in [0.15, 0.2) is 23.7 Å². The Morgan fingerprint density at radius 3 is 2.81 bits per heavy atom. The molecule has 114 valence electrons. The molecule has 0 aromatic carbocycles. The van der Waals surface area contributed by atoms with Crippen LogP contribution in [0.5, 0.6) is 0 Å². The number of aldehydes is 1. The molecule has 2 heterocycles. The zero-order chi connectivity index (χ0) is 15.8. The molecule has 1 aromatic heterocycles. The summed E-state index contributed by atoms with van der Waals surface area (Å²) in [5.41, 5.74) is 1.36. The molecule has 1 atom stereocenters. The highest BCUT2D eigenvalue weighted by Gasteiger charge is 2.21. The van der Waals surface area contributed by atoms with Gasteiger partial charge in [-0.2, -0.15) is 0 Å². The van der Waals surface area contributed by atoms with E-state index in [1.165, 1.54) is 18.3 Å². The van der Waals surface area contributed by atoms with Crippen LogP contribution in [0, 0.1) is 0 Å². The second-order valence-corrected chi connectivity index (χ2v) is 5.39. The number of allylic oxidation sites excluding steroid dienone is 1. The molecule has 7 heteroatoms. The van der Waals surface area contributed by atoms with Crippen molar-refractivity contribution in [2.24, 2.45) is 0 Å². The summed E-state index contributed by atoms with van der Waals surface area (Å²) in [5.74, 6) is -0.116. The van der Waals surface area contributed by atoms with Crippen LogP contribution in [-0.2, 0) is 9.59 Å². The number of amides is 2. The van der Waals surface area contributed by atoms with Crippen molar-refractivity contribution in [3.05, 3.63) is 29.3 Å². The van der Waals surface area contributed by atoms with Crippen molar-refractivity contribution in [1.82, 2.24) is 10.6 Å². The molecule has 1 fully saturated rings. The van der Waals surface area contributed by atoms with E-state index in [1.54, 1.807) is 18.5 Å². The molecule has 0 radical (unpaired) electrons. The summed E-state index contributed by atoms with van der Waals surface area (Å²) in [6, 6.07) is 1.65. The number of carbonyl (C=O) groups is 3. The summed E-state index contributed by atoms with van der Waals surface area (Å²) >= 11 is 1.34. The molecule has 1 aliphatic rings. The Labute approximate surface area is 127 Å². The molecule has 1 saturated heterocycles. The lowest BCUT2D eigenvalue weighted by Gasteiger charge is -2.22. The van der Waals surface area contributed by atoms with E-state index in [2.05, 4.69) is 22.5 Å². The van der Waals surface area contributed by atoms with Crippen molar-refractivity contribution in [3.8, 4) is 0 Å². The number of anilines is 1. The summed E-state index contributed by atoms with van der Waals surface area (Å²) in [4.78, 5) is 31.9. The van der Waals surface area contributed by atoms with Crippen LogP contribution in [0.4, 0.5) is 5.00 Å². The van der Waals surface area contributed by atoms with Gasteiger partial charge in [0.1, 0.15) is 5.00 Å². The molecule has 2 amide bonds. The summed E-state index contributed by atoms with van der Waals surface area (Å²) in [6.07, 6.45) is 2.47. The van der Waals surface area contributed by atoms with Crippen molar-refractivity contribution in [1.29, 1.82) is 0 Å². The zero-order valence-corrected chi connectivity index (χ0v) is 12.9. The van der Waals surface area contributed by atoms with Gasteiger partial charge in [-0.15, -0.1) is 11.3 Å². The van der Waals surface area contributed by atoms with Crippen LogP contribution >= 0.6 is 11.3 Å². The third kappa shape index (κ3) is 5.49. The normalized spacial score (nSPS) is 17.3. The largest absolute Gasteiger partial charge is 0.329 e.